The number of carbonyl (C=O) groups is 1. The predicted molar refractivity (Wildman–Crippen MR) is 101 cm³/mol. The summed E-state index contributed by atoms with van der Waals surface area (Å²) in [5, 5.41) is 21.2. The second-order valence-electron chi connectivity index (χ2n) is 6.05. The Bertz CT molecular complexity index is 911. The van der Waals surface area contributed by atoms with Crippen molar-refractivity contribution in [3.05, 3.63) is 47.0 Å². The number of nitrogens with zero attached hydrogens (tertiary/aromatic N) is 2. The Morgan fingerprint density at radius 1 is 1.19 bits per heavy atom. The van der Waals surface area contributed by atoms with Gasteiger partial charge in [-0.15, -0.1) is 0 Å². The van der Waals surface area contributed by atoms with Gasteiger partial charge in [0.2, 0.25) is 5.91 Å². The van der Waals surface area contributed by atoms with Crippen LogP contribution in [0.15, 0.2) is 35.4 Å². The second-order valence-corrected chi connectivity index (χ2v) is 7.41. The molecule has 132 valence electrons. The third kappa shape index (κ3) is 4.33. The van der Waals surface area contributed by atoms with E-state index < -0.39 is 5.25 Å². The molecule has 0 bridgehead atoms. The van der Waals surface area contributed by atoms with Gasteiger partial charge in [0.15, 0.2) is 5.03 Å². The number of anilines is 2. The van der Waals surface area contributed by atoms with Crippen LogP contribution in [0.3, 0.4) is 0 Å². The Morgan fingerprint density at radius 3 is 2.46 bits per heavy atom. The molecule has 2 aromatic rings. The van der Waals surface area contributed by atoms with Gasteiger partial charge in [0.25, 0.3) is 5.82 Å². The van der Waals surface area contributed by atoms with E-state index in [4.69, 9.17) is 11.0 Å². The fourth-order valence-electron chi connectivity index (χ4n) is 2.39. The smallest absolute Gasteiger partial charge is 0.289 e. The molecule has 2 rings (SSSR count). The van der Waals surface area contributed by atoms with Crippen LogP contribution < -0.4 is 16.0 Å². The van der Waals surface area contributed by atoms with Gasteiger partial charge in [-0.3, -0.25) is 10.5 Å². The molecule has 6 nitrogen and oxygen atoms in total. The van der Waals surface area contributed by atoms with Gasteiger partial charge >= 0.3 is 0 Å². The number of benzene rings is 1. The van der Waals surface area contributed by atoms with Crippen molar-refractivity contribution in [3.63, 3.8) is 0 Å². The molecule has 7 heteroatoms. The van der Waals surface area contributed by atoms with Crippen LogP contribution in [0.5, 0.6) is 0 Å². The van der Waals surface area contributed by atoms with Gasteiger partial charge in [0.05, 0.1) is 5.25 Å². The fourth-order valence-corrected chi connectivity index (χ4v) is 3.31. The van der Waals surface area contributed by atoms with E-state index in [1.54, 1.807) is 6.92 Å². The summed E-state index contributed by atoms with van der Waals surface area (Å²) in [5.41, 5.74) is 8.11. The van der Waals surface area contributed by atoms with Gasteiger partial charge in [0, 0.05) is 5.69 Å². The lowest BCUT2D eigenvalue weighted by atomic mass is 10.0. The normalized spacial score (nSPS) is 11.5. The molecule has 26 heavy (non-hydrogen) atoms. The van der Waals surface area contributed by atoms with Crippen molar-refractivity contribution in [2.45, 2.75) is 37.0 Å². The van der Waals surface area contributed by atoms with Crippen molar-refractivity contribution in [2.75, 3.05) is 11.1 Å². The minimum Gasteiger partial charge on any atom is -0.325 e. The second kappa shape index (κ2) is 8.37. The number of nitrogens with one attached hydrogen (secondary N) is 2. The molecule has 0 saturated carbocycles. The lowest BCUT2D eigenvalue weighted by Gasteiger charge is -2.16. The van der Waals surface area contributed by atoms with E-state index in [1.165, 1.54) is 17.8 Å². The highest BCUT2D eigenvalue weighted by Gasteiger charge is 2.22. The molecule has 1 aromatic heterocycles. The monoisotopic (exact) mass is 366 g/mol. The maximum absolute atomic E-state index is 12.6. The lowest BCUT2D eigenvalue weighted by Crippen LogP contribution is -2.25. The number of nitrogens with two attached hydrogens (primary N) is 1. The van der Waals surface area contributed by atoms with E-state index in [2.05, 4.69) is 24.1 Å². The quantitative estimate of drug-likeness (QED) is 0.789. The topological polar surface area (TPSA) is 117 Å². The number of hydrogen-bond donors (Lipinski definition) is 2. The maximum Gasteiger partial charge on any atom is 0.289 e. The number of nitrogen functional groups attached to an aromatic ring is 1. The number of aromatic nitrogens is 1. The molecule has 0 aliphatic rings. The van der Waals surface area contributed by atoms with Gasteiger partial charge in [-0.05, 0) is 30.5 Å². The van der Waals surface area contributed by atoms with Crippen molar-refractivity contribution >= 4 is 29.2 Å². The van der Waals surface area contributed by atoms with E-state index in [9.17, 15) is 10.1 Å². The Kier molecular flexibility index (Phi) is 6.21. The Hall–Kier alpha value is -3.03. The first-order valence-electron chi connectivity index (χ1n) is 8.09. The summed E-state index contributed by atoms with van der Waals surface area (Å²) < 4.78 is 0. The van der Waals surface area contributed by atoms with Crippen LogP contribution >= 0.6 is 11.8 Å². The molecule has 0 fully saturated rings. The van der Waals surface area contributed by atoms with Crippen LogP contribution in [-0.2, 0) is 4.79 Å². The molecule has 4 N–H and O–H groups in total. The maximum atomic E-state index is 12.6. The van der Waals surface area contributed by atoms with Crippen LogP contribution in [0.1, 0.15) is 43.4 Å². The highest BCUT2D eigenvalue weighted by Crippen LogP contribution is 2.27. The van der Waals surface area contributed by atoms with Crippen LogP contribution in [-0.4, -0.2) is 11.2 Å². The predicted octanol–water partition coefficient (Wildman–Crippen LogP) is 3.07. The van der Waals surface area contributed by atoms with Crippen LogP contribution in [0.4, 0.5) is 11.5 Å². The molecule has 0 spiro atoms. The number of thioether (sulfide) groups is 1. The van der Waals surface area contributed by atoms with E-state index in [0.29, 0.717) is 5.03 Å². The number of pyridine rings is 1. The van der Waals surface area contributed by atoms with Crippen molar-refractivity contribution < 1.29 is 9.78 Å². The number of para-hydroxylation sites is 1. The zero-order valence-electron chi connectivity index (χ0n) is 14.8. The van der Waals surface area contributed by atoms with Crippen molar-refractivity contribution in [1.29, 1.82) is 10.5 Å². The molecule has 0 aliphatic heterocycles. The summed E-state index contributed by atoms with van der Waals surface area (Å²) in [7, 11) is 0. The number of rotatable bonds is 5. The average molecular weight is 366 g/mol. The van der Waals surface area contributed by atoms with E-state index in [-0.39, 0.29) is 28.8 Å². The summed E-state index contributed by atoms with van der Waals surface area (Å²) in [6.07, 6.45) is 0. The van der Waals surface area contributed by atoms with Gasteiger partial charge in [0.1, 0.15) is 23.3 Å². The third-order valence-electron chi connectivity index (χ3n) is 3.82. The zero-order chi connectivity index (χ0) is 19.3. The Balaban J connectivity index is 2.20. The number of hydrogen-bond acceptors (Lipinski definition) is 5. The number of carbonyl (C=O) groups excluding carboxylic acids is 1. The minimum atomic E-state index is -0.467. The first kappa shape index (κ1) is 19.3. The minimum absolute atomic E-state index is 0.173. The SMILES string of the molecule is CC(C)c1ccccc1NC(=O)[C@@H](C)Sc1[nH+]c(N)c(C#N)cc1C#N. The average Bonchev–Trinajstić information content (AvgIpc) is 2.62. The first-order chi connectivity index (χ1) is 12.4. The van der Waals surface area contributed by atoms with E-state index in [1.807, 2.05) is 36.4 Å². The summed E-state index contributed by atoms with van der Waals surface area (Å²) in [6, 6.07) is 13.1. The number of amides is 1. The first-order valence-corrected chi connectivity index (χ1v) is 8.97. The standard InChI is InChI=1S/C19H19N5OS/c1-11(2)15-6-4-5-7-16(15)23-18(25)12(3)26-19-14(10-21)8-13(9-20)17(22)24-19/h4-8,11-12H,1-3H3,(H2,22,24)(H,23,25)/p+1/t12-/m1/s1. The van der Waals surface area contributed by atoms with E-state index in [0.717, 1.165) is 11.3 Å². The number of H-pyrrole nitrogens is 1. The molecular weight excluding hydrogens is 346 g/mol. The molecule has 1 atom stereocenters. The van der Waals surface area contributed by atoms with E-state index >= 15 is 0 Å². The Labute approximate surface area is 157 Å². The lowest BCUT2D eigenvalue weighted by molar-refractivity contribution is -0.410. The number of aromatic amines is 1. The number of nitriles is 2. The molecular formula is C19H20N5OS+. The Morgan fingerprint density at radius 2 is 1.85 bits per heavy atom. The largest absolute Gasteiger partial charge is 0.325 e. The molecule has 1 heterocycles. The van der Waals surface area contributed by atoms with Crippen LogP contribution in [0.25, 0.3) is 0 Å². The molecule has 1 amide bonds. The zero-order valence-corrected chi connectivity index (χ0v) is 15.6. The highest BCUT2D eigenvalue weighted by atomic mass is 32.2. The molecule has 1 aromatic carbocycles. The molecule has 0 radical (unpaired) electrons. The highest BCUT2D eigenvalue weighted by molar-refractivity contribution is 8.00. The fraction of sp³-hybridized carbons (Fsp3) is 0.263. The summed E-state index contributed by atoms with van der Waals surface area (Å²) in [6.45, 7) is 5.88. The molecule has 0 unspecified atom stereocenters. The van der Waals surface area contributed by atoms with Gasteiger partial charge in [-0.1, -0.05) is 43.8 Å². The molecule has 0 aliphatic carbocycles. The third-order valence-corrected chi connectivity index (χ3v) is 4.94. The van der Waals surface area contributed by atoms with Gasteiger partial charge in [-0.25, -0.2) is 4.98 Å². The molecule has 0 saturated heterocycles. The van der Waals surface area contributed by atoms with Crippen molar-refractivity contribution in [2.24, 2.45) is 0 Å². The van der Waals surface area contributed by atoms with Crippen molar-refractivity contribution in [1.82, 2.24) is 0 Å². The summed E-state index contributed by atoms with van der Waals surface area (Å²) in [5.74, 6) is 0.279. The summed E-state index contributed by atoms with van der Waals surface area (Å²) >= 11 is 1.19. The van der Waals surface area contributed by atoms with Crippen LogP contribution in [0, 0.1) is 22.7 Å². The summed E-state index contributed by atoms with van der Waals surface area (Å²) in [4.78, 5) is 15.4. The van der Waals surface area contributed by atoms with Crippen LogP contribution in [0.2, 0.25) is 0 Å². The van der Waals surface area contributed by atoms with Gasteiger partial charge < -0.3 is 5.32 Å². The van der Waals surface area contributed by atoms with Crippen molar-refractivity contribution in [3.8, 4) is 12.1 Å². The van der Waals surface area contributed by atoms with Gasteiger partial charge in [-0.2, -0.15) is 10.5 Å².